The van der Waals surface area contributed by atoms with Gasteiger partial charge in [0.15, 0.2) is 5.82 Å². The molecule has 0 amide bonds. The van der Waals surface area contributed by atoms with Crippen molar-refractivity contribution in [1.29, 1.82) is 0 Å². The molecule has 0 unspecified atom stereocenters. The van der Waals surface area contributed by atoms with Gasteiger partial charge in [-0.2, -0.15) is 5.10 Å². The summed E-state index contributed by atoms with van der Waals surface area (Å²) in [4.78, 5) is 15.3. The predicted molar refractivity (Wildman–Crippen MR) is 67.1 cm³/mol. The topological polar surface area (TPSA) is 68.0 Å². The summed E-state index contributed by atoms with van der Waals surface area (Å²) in [5, 5.41) is 13.4. The van der Waals surface area contributed by atoms with Crippen LogP contribution in [0.15, 0.2) is 24.4 Å². The maximum Gasteiger partial charge on any atom is 0.335 e. The normalized spacial score (nSPS) is 10.9. The molecule has 2 aromatic heterocycles. The smallest absolute Gasteiger partial charge is 0.335 e. The molecule has 2 rings (SSSR count). The van der Waals surface area contributed by atoms with E-state index in [9.17, 15) is 4.79 Å². The highest BCUT2D eigenvalue weighted by Crippen LogP contribution is 2.14. The van der Waals surface area contributed by atoms with E-state index in [4.69, 9.17) is 5.11 Å². The van der Waals surface area contributed by atoms with Gasteiger partial charge in [0.05, 0.1) is 11.3 Å². The van der Waals surface area contributed by atoms with Crippen LogP contribution in [-0.2, 0) is 0 Å². The Kier molecular flexibility index (Phi) is 3.14. The summed E-state index contributed by atoms with van der Waals surface area (Å²) in [5.74, 6) is -0.104. The van der Waals surface area contributed by atoms with Gasteiger partial charge < -0.3 is 5.11 Å². The molecule has 0 saturated heterocycles. The number of carbonyl (C=O) groups is 1. The van der Waals surface area contributed by atoms with Gasteiger partial charge in [0.25, 0.3) is 0 Å². The molecule has 18 heavy (non-hydrogen) atoms. The van der Waals surface area contributed by atoms with Crippen LogP contribution >= 0.6 is 0 Å². The van der Waals surface area contributed by atoms with Crippen LogP contribution in [0.2, 0.25) is 0 Å². The van der Waals surface area contributed by atoms with Crippen LogP contribution in [0.25, 0.3) is 5.82 Å². The molecule has 0 radical (unpaired) electrons. The molecule has 0 spiro atoms. The number of carboxylic acids is 1. The van der Waals surface area contributed by atoms with Crippen LogP contribution in [-0.4, -0.2) is 25.8 Å². The minimum atomic E-state index is -0.960. The van der Waals surface area contributed by atoms with Gasteiger partial charge in [-0.25, -0.2) is 14.5 Å². The van der Waals surface area contributed by atoms with Crippen molar-refractivity contribution in [3.05, 3.63) is 41.3 Å². The van der Waals surface area contributed by atoms with E-state index in [-0.39, 0.29) is 5.56 Å². The third-order valence-corrected chi connectivity index (χ3v) is 2.62. The number of aryl methyl sites for hydroxylation is 1. The second-order valence-electron chi connectivity index (χ2n) is 4.50. The van der Waals surface area contributed by atoms with Crippen molar-refractivity contribution in [2.75, 3.05) is 0 Å². The van der Waals surface area contributed by atoms with Crippen LogP contribution in [0, 0.1) is 6.92 Å². The van der Waals surface area contributed by atoms with E-state index in [1.54, 1.807) is 23.9 Å². The molecule has 2 heterocycles. The van der Waals surface area contributed by atoms with Crippen molar-refractivity contribution in [2.45, 2.75) is 26.7 Å². The SMILES string of the molecule is Cc1cc(C(=O)O)cc(-n2ccc(C(C)C)n2)n1. The zero-order valence-electron chi connectivity index (χ0n) is 10.6. The fourth-order valence-corrected chi connectivity index (χ4v) is 1.67. The summed E-state index contributed by atoms with van der Waals surface area (Å²) in [6.07, 6.45) is 1.79. The number of nitrogens with zero attached hydrogens (tertiary/aromatic N) is 3. The molecule has 0 aliphatic carbocycles. The zero-order chi connectivity index (χ0) is 13.3. The van der Waals surface area contributed by atoms with E-state index in [1.165, 1.54) is 6.07 Å². The molecule has 0 aliphatic rings. The maximum absolute atomic E-state index is 11.0. The number of aromatic carboxylic acids is 1. The van der Waals surface area contributed by atoms with Gasteiger partial charge in [-0.15, -0.1) is 0 Å². The highest BCUT2D eigenvalue weighted by atomic mass is 16.4. The molecule has 2 aromatic rings. The fourth-order valence-electron chi connectivity index (χ4n) is 1.67. The van der Waals surface area contributed by atoms with Crippen molar-refractivity contribution in [2.24, 2.45) is 0 Å². The molecule has 0 bridgehead atoms. The maximum atomic E-state index is 11.0. The Morgan fingerprint density at radius 2 is 2.11 bits per heavy atom. The Hall–Kier alpha value is -2.17. The summed E-state index contributed by atoms with van der Waals surface area (Å²) in [6.45, 7) is 5.88. The average Bonchev–Trinajstić information content (AvgIpc) is 2.77. The minimum absolute atomic E-state index is 0.221. The Morgan fingerprint density at radius 3 is 2.67 bits per heavy atom. The molecule has 0 aliphatic heterocycles. The largest absolute Gasteiger partial charge is 0.478 e. The molecule has 0 saturated carbocycles. The molecular weight excluding hydrogens is 230 g/mol. The highest BCUT2D eigenvalue weighted by Gasteiger charge is 2.10. The molecule has 0 fully saturated rings. The second kappa shape index (κ2) is 4.60. The number of rotatable bonds is 3. The Balaban J connectivity index is 2.46. The first-order chi connectivity index (χ1) is 8.47. The first-order valence-electron chi connectivity index (χ1n) is 5.75. The van der Waals surface area contributed by atoms with Gasteiger partial charge >= 0.3 is 5.97 Å². The van der Waals surface area contributed by atoms with E-state index in [0.29, 0.717) is 17.4 Å². The Morgan fingerprint density at radius 1 is 1.39 bits per heavy atom. The number of aromatic nitrogens is 3. The van der Waals surface area contributed by atoms with Crippen molar-refractivity contribution in [3.63, 3.8) is 0 Å². The number of pyridine rings is 1. The number of hydrogen-bond donors (Lipinski definition) is 1. The van der Waals surface area contributed by atoms with Gasteiger partial charge in [-0.3, -0.25) is 0 Å². The lowest BCUT2D eigenvalue weighted by molar-refractivity contribution is 0.0696. The Bertz CT molecular complexity index is 588. The summed E-state index contributed by atoms with van der Waals surface area (Å²) >= 11 is 0. The third kappa shape index (κ3) is 2.40. The van der Waals surface area contributed by atoms with Gasteiger partial charge in [-0.05, 0) is 31.0 Å². The van der Waals surface area contributed by atoms with Gasteiger partial charge in [0.2, 0.25) is 0 Å². The predicted octanol–water partition coefficient (Wildman–Crippen LogP) is 2.40. The first kappa shape index (κ1) is 12.3. The molecule has 5 nitrogen and oxygen atoms in total. The second-order valence-corrected chi connectivity index (χ2v) is 4.50. The monoisotopic (exact) mass is 245 g/mol. The van der Waals surface area contributed by atoms with Gasteiger partial charge in [-0.1, -0.05) is 13.8 Å². The van der Waals surface area contributed by atoms with Crippen molar-refractivity contribution < 1.29 is 9.90 Å². The average molecular weight is 245 g/mol. The molecule has 0 aromatic carbocycles. The van der Waals surface area contributed by atoms with Crippen LogP contribution in [0.1, 0.15) is 41.5 Å². The fraction of sp³-hybridized carbons (Fsp3) is 0.308. The molecule has 94 valence electrons. The molecule has 0 atom stereocenters. The van der Waals surface area contributed by atoms with E-state index in [1.807, 2.05) is 6.07 Å². The van der Waals surface area contributed by atoms with E-state index in [2.05, 4.69) is 23.9 Å². The van der Waals surface area contributed by atoms with Crippen molar-refractivity contribution in [1.82, 2.24) is 14.8 Å². The van der Waals surface area contributed by atoms with E-state index >= 15 is 0 Å². The van der Waals surface area contributed by atoms with E-state index < -0.39 is 5.97 Å². The Labute approximate surface area is 105 Å². The number of hydrogen-bond acceptors (Lipinski definition) is 3. The first-order valence-corrected chi connectivity index (χ1v) is 5.75. The lowest BCUT2D eigenvalue weighted by atomic mass is 10.1. The molecular formula is C13H15N3O2. The van der Waals surface area contributed by atoms with Crippen molar-refractivity contribution in [3.8, 4) is 5.82 Å². The minimum Gasteiger partial charge on any atom is -0.478 e. The summed E-state index contributed by atoms with van der Waals surface area (Å²) in [7, 11) is 0. The van der Waals surface area contributed by atoms with Gasteiger partial charge in [0, 0.05) is 11.9 Å². The molecule has 5 heteroatoms. The zero-order valence-corrected chi connectivity index (χ0v) is 10.6. The van der Waals surface area contributed by atoms with Crippen LogP contribution < -0.4 is 0 Å². The summed E-state index contributed by atoms with van der Waals surface area (Å²) < 4.78 is 1.61. The van der Waals surface area contributed by atoms with Crippen LogP contribution in [0.4, 0.5) is 0 Å². The van der Waals surface area contributed by atoms with Crippen molar-refractivity contribution >= 4 is 5.97 Å². The lowest BCUT2D eigenvalue weighted by Crippen LogP contribution is -2.05. The summed E-state index contributed by atoms with van der Waals surface area (Å²) in [5.41, 5.74) is 1.83. The van der Waals surface area contributed by atoms with E-state index in [0.717, 1.165) is 5.69 Å². The van der Waals surface area contributed by atoms with Crippen LogP contribution in [0.5, 0.6) is 0 Å². The summed E-state index contributed by atoms with van der Waals surface area (Å²) in [6, 6.07) is 4.97. The molecule has 1 N–H and O–H groups in total. The third-order valence-electron chi connectivity index (χ3n) is 2.62. The quantitative estimate of drug-likeness (QED) is 0.901. The lowest BCUT2D eigenvalue weighted by Gasteiger charge is -2.04. The standard InChI is InChI=1S/C13H15N3O2/c1-8(2)11-4-5-16(15-11)12-7-10(13(17)18)6-9(3)14-12/h4-8H,1-3H3,(H,17,18). The highest BCUT2D eigenvalue weighted by molar-refractivity contribution is 5.88. The van der Waals surface area contributed by atoms with Crippen LogP contribution in [0.3, 0.4) is 0 Å². The van der Waals surface area contributed by atoms with Gasteiger partial charge in [0.1, 0.15) is 0 Å². The number of carboxylic acid groups (broad SMARTS) is 1.